The molecule has 6 N–H and O–H groups in total. The summed E-state index contributed by atoms with van der Waals surface area (Å²) >= 11 is 0. The third-order valence-corrected chi connectivity index (χ3v) is 6.81. The van der Waals surface area contributed by atoms with Gasteiger partial charge in [0, 0.05) is 5.69 Å². The summed E-state index contributed by atoms with van der Waals surface area (Å²) in [5.41, 5.74) is 9.10. The van der Waals surface area contributed by atoms with Crippen LogP contribution in [0.2, 0.25) is 0 Å². The number of ether oxygens (including phenoxy) is 1. The fourth-order valence-electron chi connectivity index (χ4n) is 3.54. The van der Waals surface area contributed by atoms with Gasteiger partial charge < -0.3 is 25.9 Å². The van der Waals surface area contributed by atoms with E-state index < -0.39 is 34.1 Å². The SMILES string of the molecule is CCOc1cc(C(Nc2ccc3nc(N)[nH]c3c2)C(=O)NS(=O)(=O)c2ccccc2)ccc1C.O=C(O)C(F)(F)F. The Morgan fingerprint density at radius 1 is 1.10 bits per heavy atom. The second-order valence-electron chi connectivity index (χ2n) is 8.47. The zero-order chi connectivity index (χ0) is 30.4. The Labute approximate surface area is 232 Å². The third kappa shape index (κ3) is 8.11. The monoisotopic (exact) mass is 593 g/mol. The van der Waals surface area contributed by atoms with Crippen LogP contribution in [0.25, 0.3) is 11.0 Å². The van der Waals surface area contributed by atoms with Crippen LogP contribution < -0.4 is 20.5 Å². The summed E-state index contributed by atoms with van der Waals surface area (Å²) in [4.78, 5) is 29.3. The first-order chi connectivity index (χ1) is 19.2. The smallest absolute Gasteiger partial charge is 0.490 e. The van der Waals surface area contributed by atoms with Gasteiger partial charge in [-0.25, -0.2) is 22.9 Å². The Balaban J connectivity index is 0.000000587. The van der Waals surface area contributed by atoms with Gasteiger partial charge in [-0.2, -0.15) is 13.2 Å². The summed E-state index contributed by atoms with van der Waals surface area (Å²) in [6.45, 7) is 4.22. The second-order valence-corrected chi connectivity index (χ2v) is 10.2. The molecule has 218 valence electrons. The molecule has 0 radical (unpaired) electrons. The van der Waals surface area contributed by atoms with Crippen molar-refractivity contribution in [1.29, 1.82) is 0 Å². The van der Waals surface area contributed by atoms with Crippen LogP contribution in [0.5, 0.6) is 5.75 Å². The van der Waals surface area contributed by atoms with Gasteiger partial charge in [0.25, 0.3) is 15.9 Å². The number of aromatic amines is 1. The molecule has 11 nitrogen and oxygen atoms in total. The highest BCUT2D eigenvalue weighted by Gasteiger charge is 2.38. The van der Waals surface area contributed by atoms with Gasteiger partial charge in [0.1, 0.15) is 11.8 Å². The zero-order valence-corrected chi connectivity index (χ0v) is 22.5. The minimum absolute atomic E-state index is 0.00429. The Hall–Kier alpha value is -4.79. The van der Waals surface area contributed by atoms with Gasteiger partial charge in [0.15, 0.2) is 5.95 Å². The molecule has 4 rings (SSSR count). The summed E-state index contributed by atoms with van der Waals surface area (Å²) in [6.07, 6.45) is -5.08. The molecule has 1 heterocycles. The molecule has 3 aromatic carbocycles. The third-order valence-electron chi connectivity index (χ3n) is 5.45. The zero-order valence-electron chi connectivity index (χ0n) is 21.7. The van der Waals surface area contributed by atoms with E-state index in [9.17, 15) is 26.4 Å². The van der Waals surface area contributed by atoms with Crippen molar-refractivity contribution in [2.24, 2.45) is 0 Å². The van der Waals surface area contributed by atoms with Crippen LogP contribution >= 0.6 is 0 Å². The van der Waals surface area contributed by atoms with E-state index in [-0.39, 0.29) is 10.8 Å². The first kappa shape index (κ1) is 30.7. The molecule has 41 heavy (non-hydrogen) atoms. The molecule has 0 bridgehead atoms. The number of aliphatic carboxylic acids is 1. The summed E-state index contributed by atoms with van der Waals surface area (Å²) in [5.74, 6) is -2.61. The summed E-state index contributed by atoms with van der Waals surface area (Å²) in [5, 5.41) is 10.3. The number of carbonyl (C=O) groups is 2. The number of imidazole rings is 1. The number of fused-ring (bicyclic) bond motifs is 1. The molecule has 1 aromatic heterocycles. The van der Waals surface area contributed by atoms with Crippen LogP contribution in [0.3, 0.4) is 0 Å². The molecule has 0 aliphatic carbocycles. The average molecular weight is 594 g/mol. The van der Waals surface area contributed by atoms with E-state index in [1.807, 2.05) is 19.9 Å². The second kappa shape index (κ2) is 12.6. The highest BCUT2D eigenvalue weighted by Crippen LogP contribution is 2.28. The van der Waals surface area contributed by atoms with E-state index in [1.165, 1.54) is 12.1 Å². The number of benzene rings is 3. The highest BCUT2D eigenvalue weighted by molar-refractivity contribution is 7.90. The van der Waals surface area contributed by atoms with Crippen molar-refractivity contribution in [3.05, 3.63) is 77.9 Å². The van der Waals surface area contributed by atoms with Gasteiger partial charge in [-0.05, 0) is 61.4 Å². The number of nitrogens with two attached hydrogens (primary N) is 1. The molecule has 0 saturated heterocycles. The van der Waals surface area contributed by atoms with Crippen LogP contribution in [0.15, 0.2) is 71.6 Å². The number of aryl methyl sites for hydroxylation is 1. The molecule has 0 fully saturated rings. The average Bonchev–Trinajstić information content (AvgIpc) is 3.28. The van der Waals surface area contributed by atoms with Crippen LogP contribution in [0.1, 0.15) is 24.1 Å². The van der Waals surface area contributed by atoms with Crippen molar-refractivity contribution in [1.82, 2.24) is 14.7 Å². The fraction of sp³-hybridized carbons (Fsp3) is 0.192. The van der Waals surface area contributed by atoms with Crippen molar-refractivity contribution in [3.63, 3.8) is 0 Å². The molecular formula is C26H26F3N5O6S. The normalized spacial score (nSPS) is 12.1. The lowest BCUT2D eigenvalue weighted by molar-refractivity contribution is -0.192. The van der Waals surface area contributed by atoms with Crippen molar-refractivity contribution in [2.45, 2.75) is 31.0 Å². The minimum atomic E-state index is -5.08. The molecule has 1 atom stereocenters. The van der Waals surface area contributed by atoms with E-state index in [2.05, 4.69) is 20.0 Å². The van der Waals surface area contributed by atoms with Crippen molar-refractivity contribution in [2.75, 3.05) is 17.7 Å². The predicted molar refractivity (Wildman–Crippen MR) is 145 cm³/mol. The lowest BCUT2D eigenvalue weighted by atomic mass is 10.0. The fourth-order valence-corrected chi connectivity index (χ4v) is 4.56. The maximum atomic E-state index is 13.3. The Kier molecular flexibility index (Phi) is 9.44. The van der Waals surface area contributed by atoms with Crippen LogP contribution in [0.4, 0.5) is 24.8 Å². The van der Waals surface area contributed by atoms with Crippen LogP contribution in [0, 0.1) is 6.92 Å². The molecule has 15 heteroatoms. The standard InChI is InChI=1S/C24H25N5O4S.C2HF3O2/c1-3-33-21-13-16(10-9-15(21)2)22(23(30)29-34(31,32)18-7-5-4-6-8-18)26-17-11-12-19-20(14-17)28-24(25)27-19;3-2(4,5)1(6)7/h4-14,22,26H,3H2,1-2H3,(H,29,30)(H3,25,27,28);(H,6,7). The number of anilines is 2. The van der Waals surface area contributed by atoms with E-state index in [0.29, 0.717) is 34.6 Å². The maximum absolute atomic E-state index is 13.3. The van der Waals surface area contributed by atoms with E-state index in [1.54, 1.807) is 48.5 Å². The number of carboxylic acids is 1. The number of hydrogen-bond acceptors (Lipinski definition) is 8. The maximum Gasteiger partial charge on any atom is 0.490 e. The van der Waals surface area contributed by atoms with Gasteiger partial charge in [-0.3, -0.25) is 4.79 Å². The molecule has 0 spiro atoms. The predicted octanol–water partition coefficient (Wildman–Crippen LogP) is 4.14. The quantitative estimate of drug-likeness (QED) is 0.201. The van der Waals surface area contributed by atoms with E-state index in [0.717, 1.165) is 5.56 Å². The summed E-state index contributed by atoms with van der Waals surface area (Å²) in [7, 11) is -4.07. The van der Waals surface area contributed by atoms with Gasteiger partial charge in [-0.15, -0.1) is 0 Å². The molecule has 4 aromatic rings. The lowest BCUT2D eigenvalue weighted by Crippen LogP contribution is -2.37. The molecule has 0 aliphatic heterocycles. The number of amides is 1. The topological polar surface area (TPSA) is 176 Å². The van der Waals surface area contributed by atoms with E-state index >= 15 is 0 Å². The molecular weight excluding hydrogens is 567 g/mol. The summed E-state index contributed by atoms with van der Waals surface area (Å²) in [6, 6.07) is 17.3. The minimum Gasteiger partial charge on any atom is -0.494 e. The Morgan fingerprint density at radius 2 is 1.76 bits per heavy atom. The van der Waals surface area contributed by atoms with Crippen molar-refractivity contribution < 1.29 is 41.0 Å². The number of nitrogens with zero attached hydrogens (tertiary/aromatic N) is 1. The first-order valence-electron chi connectivity index (χ1n) is 11.9. The largest absolute Gasteiger partial charge is 0.494 e. The summed E-state index contributed by atoms with van der Waals surface area (Å²) < 4.78 is 65.2. The number of halogens is 3. The number of rotatable bonds is 8. The van der Waals surface area contributed by atoms with Gasteiger partial charge in [0.2, 0.25) is 0 Å². The number of nitrogens with one attached hydrogen (secondary N) is 3. The van der Waals surface area contributed by atoms with Crippen molar-refractivity contribution in [3.8, 4) is 5.75 Å². The number of nitrogen functional groups attached to an aromatic ring is 1. The van der Waals surface area contributed by atoms with Gasteiger partial charge in [0.05, 0.1) is 22.5 Å². The molecule has 0 saturated carbocycles. The Bertz CT molecular complexity index is 1640. The number of aromatic nitrogens is 2. The number of alkyl halides is 3. The molecule has 0 aliphatic rings. The van der Waals surface area contributed by atoms with Crippen molar-refractivity contribution >= 4 is 44.6 Å². The molecule has 1 unspecified atom stereocenters. The van der Waals surface area contributed by atoms with Gasteiger partial charge >= 0.3 is 12.1 Å². The first-order valence-corrected chi connectivity index (χ1v) is 13.4. The lowest BCUT2D eigenvalue weighted by Gasteiger charge is -2.21. The number of hydrogen-bond donors (Lipinski definition) is 5. The number of carbonyl (C=O) groups excluding carboxylic acids is 1. The number of carboxylic acid groups (broad SMARTS) is 1. The highest BCUT2D eigenvalue weighted by atomic mass is 32.2. The molecule has 1 amide bonds. The van der Waals surface area contributed by atoms with E-state index in [4.69, 9.17) is 20.4 Å². The number of sulfonamides is 1. The van der Waals surface area contributed by atoms with Crippen LogP contribution in [-0.2, 0) is 19.6 Å². The Morgan fingerprint density at radius 3 is 2.37 bits per heavy atom. The van der Waals surface area contributed by atoms with Gasteiger partial charge in [-0.1, -0.05) is 30.3 Å². The number of H-pyrrole nitrogens is 1. The van der Waals surface area contributed by atoms with Crippen LogP contribution in [-0.4, -0.2) is 48.2 Å².